The van der Waals surface area contributed by atoms with E-state index < -0.39 is 16.1 Å². The monoisotopic (exact) mass is 597 g/mol. The Kier molecular flexibility index (Phi) is 6.08. The molecule has 0 spiro atoms. The van der Waals surface area contributed by atoms with Crippen LogP contribution in [0.2, 0.25) is 0 Å². The number of nitrogens with zero attached hydrogens (tertiary/aromatic N) is 3. The van der Waals surface area contributed by atoms with Crippen LogP contribution in [0.5, 0.6) is 0 Å². The number of pyridine rings is 1. The Morgan fingerprint density at radius 1 is 0.912 bits per heavy atom. The number of aryl methyl sites for hydroxylation is 1. The molecule has 34 heavy (non-hydrogen) atoms. The van der Waals surface area contributed by atoms with Crippen molar-refractivity contribution in [1.82, 2.24) is 9.40 Å². The summed E-state index contributed by atoms with van der Waals surface area (Å²) in [7, 11) is -3.58. The standard InChI is InChI=1S/C26H21Br2N3O2S/c1-16-25(23-15-24(31(30-23)34(2,32)33)17-8-10-19(27)11-9-17)26(18-6-4-3-5-7-18)21-14-20(28)12-13-22(21)29-16/h3-14,24H,15H2,1-2H3. The van der Waals surface area contributed by atoms with Gasteiger partial charge in [0.05, 0.1) is 23.5 Å². The van der Waals surface area contributed by atoms with Crippen molar-refractivity contribution in [3.63, 3.8) is 0 Å². The van der Waals surface area contributed by atoms with Gasteiger partial charge in [-0.15, -0.1) is 0 Å². The van der Waals surface area contributed by atoms with Crippen LogP contribution in [0, 0.1) is 6.92 Å². The predicted molar refractivity (Wildman–Crippen MR) is 144 cm³/mol. The summed E-state index contributed by atoms with van der Waals surface area (Å²) >= 11 is 7.06. The van der Waals surface area contributed by atoms with Crippen LogP contribution in [-0.2, 0) is 10.0 Å². The molecule has 0 N–H and O–H groups in total. The lowest BCUT2D eigenvalue weighted by Crippen LogP contribution is -2.25. The van der Waals surface area contributed by atoms with E-state index in [9.17, 15) is 8.42 Å². The first kappa shape index (κ1) is 23.2. The minimum absolute atomic E-state index is 0.417. The van der Waals surface area contributed by atoms with Gasteiger partial charge in [0.25, 0.3) is 0 Å². The fourth-order valence-corrected chi connectivity index (χ4v) is 6.03. The molecular weight excluding hydrogens is 578 g/mol. The van der Waals surface area contributed by atoms with Crippen LogP contribution in [-0.4, -0.2) is 29.8 Å². The lowest BCUT2D eigenvalue weighted by Gasteiger charge is -2.21. The second-order valence-electron chi connectivity index (χ2n) is 8.33. The van der Waals surface area contributed by atoms with Crippen molar-refractivity contribution in [3.05, 3.63) is 98.6 Å². The Hall–Kier alpha value is -2.55. The van der Waals surface area contributed by atoms with Gasteiger partial charge in [0.2, 0.25) is 10.0 Å². The predicted octanol–water partition coefficient (Wildman–Crippen LogP) is 6.85. The highest BCUT2D eigenvalue weighted by Crippen LogP contribution is 2.40. The molecule has 2 heterocycles. The van der Waals surface area contributed by atoms with Crippen LogP contribution in [0.3, 0.4) is 0 Å². The van der Waals surface area contributed by atoms with Crippen molar-refractivity contribution in [3.8, 4) is 11.1 Å². The molecule has 1 aliphatic heterocycles. The van der Waals surface area contributed by atoms with E-state index in [2.05, 4.69) is 55.2 Å². The summed E-state index contributed by atoms with van der Waals surface area (Å²) in [6, 6.07) is 23.4. The van der Waals surface area contributed by atoms with Gasteiger partial charge in [-0.1, -0.05) is 74.3 Å². The number of aromatic nitrogens is 1. The first-order valence-corrected chi connectivity index (χ1v) is 14.1. The molecule has 1 aliphatic rings. The molecular formula is C26H21Br2N3O2S. The molecule has 0 radical (unpaired) electrons. The number of hydrogen-bond acceptors (Lipinski definition) is 4. The van der Waals surface area contributed by atoms with Gasteiger partial charge in [-0.05, 0) is 48.4 Å². The zero-order valence-electron chi connectivity index (χ0n) is 18.5. The largest absolute Gasteiger partial charge is 0.252 e. The zero-order chi connectivity index (χ0) is 24.0. The molecule has 8 heteroatoms. The summed E-state index contributed by atoms with van der Waals surface area (Å²) in [5.74, 6) is 0. The first-order valence-electron chi connectivity index (χ1n) is 10.7. The second-order valence-corrected chi connectivity index (χ2v) is 12.0. The second kappa shape index (κ2) is 8.91. The number of halogens is 2. The molecule has 5 nitrogen and oxygen atoms in total. The summed E-state index contributed by atoms with van der Waals surface area (Å²) in [5, 5.41) is 5.67. The van der Waals surface area contributed by atoms with Crippen molar-refractivity contribution in [2.75, 3.05) is 6.26 Å². The van der Waals surface area contributed by atoms with E-state index in [0.29, 0.717) is 12.1 Å². The molecule has 172 valence electrons. The highest BCUT2D eigenvalue weighted by atomic mass is 79.9. The average Bonchev–Trinajstić information content (AvgIpc) is 3.25. The smallest absolute Gasteiger partial charge is 0.247 e. The average molecular weight is 599 g/mol. The summed E-state index contributed by atoms with van der Waals surface area (Å²) in [6.07, 6.45) is 1.66. The topological polar surface area (TPSA) is 62.6 Å². The summed E-state index contributed by atoms with van der Waals surface area (Å²) in [5.41, 5.74) is 6.22. The molecule has 0 saturated carbocycles. The highest BCUT2D eigenvalue weighted by molar-refractivity contribution is 9.10. The van der Waals surface area contributed by atoms with Gasteiger partial charge in [0.1, 0.15) is 0 Å². The van der Waals surface area contributed by atoms with Crippen LogP contribution in [0.15, 0.2) is 86.8 Å². The molecule has 3 aromatic carbocycles. The maximum Gasteiger partial charge on any atom is 0.247 e. The quantitative estimate of drug-likeness (QED) is 0.258. The Labute approximate surface area is 215 Å². The van der Waals surface area contributed by atoms with Crippen LogP contribution >= 0.6 is 31.9 Å². The summed E-state index contributed by atoms with van der Waals surface area (Å²) in [6.45, 7) is 1.96. The molecule has 0 fully saturated rings. The van der Waals surface area contributed by atoms with E-state index in [0.717, 1.165) is 47.8 Å². The van der Waals surface area contributed by atoms with Gasteiger partial charge in [-0.25, -0.2) is 8.42 Å². The van der Waals surface area contributed by atoms with Crippen LogP contribution in [0.4, 0.5) is 0 Å². The summed E-state index contributed by atoms with van der Waals surface area (Å²) < 4.78 is 28.6. The maximum absolute atomic E-state index is 12.7. The number of rotatable bonds is 4. The van der Waals surface area contributed by atoms with E-state index in [1.165, 1.54) is 10.7 Å². The lowest BCUT2D eigenvalue weighted by atomic mass is 9.89. The Morgan fingerprint density at radius 3 is 2.26 bits per heavy atom. The van der Waals surface area contributed by atoms with E-state index in [-0.39, 0.29) is 0 Å². The molecule has 1 aromatic heterocycles. The first-order chi connectivity index (χ1) is 16.2. The van der Waals surface area contributed by atoms with E-state index in [1.807, 2.05) is 61.5 Å². The van der Waals surface area contributed by atoms with Crippen molar-refractivity contribution in [2.24, 2.45) is 5.10 Å². The van der Waals surface area contributed by atoms with Crippen molar-refractivity contribution >= 4 is 58.5 Å². The molecule has 0 aliphatic carbocycles. The minimum atomic E-state index is -3.58. The Balaban J connectivity index is 1.75. The fraction of sp³-hybridized carbons (Fsp3) is 0.154. The third-order valence-electron chi connectivity index (χ3n) is 5.95. The minimum Gasteiger partial charge on any atom is -0.252 e. The van der Waals surface area contributed by atoms with Gasteiger partial charge in [-0.3, -0.25) is 4.98 Å². The number of fused-ring (bicyclic) bond motifs is 1. The zero-order valence-corrected chi connectivity index (χ0v) is 22.5. The Morgan fingerprint density at radius 2 is 1.59 bits per heavy atom. The van der Waals surface area contributed by atoms with Crippen LogP contribution in [0.1, 0.15) is 29.3 Å². The van der Waals surface area contributed by atoms with Gasteiger partial charge in [-0.2, -0.15) is 9.52 Å². The van der Waals surface area contributed by atoms with Crippen molar-refractivity contribution < 1.29 is 8.42 Å². The van der Waals surface area contributed by atoms with Gasteiger partial charge < -0.3 is 0 Å². The third kappa shape index (κ3) is 4.30. The van der Waals surface area contributed by atoms with Crippen LogP contribution < -0.4 is 0 Å². The third-order valence-corrected chi connectivity index (χ3v) is 7.98. The number of hydrazone groups is 1. The molecule has 1 unspecified atom stereocenters. The SMILES string of the molecule is Cc1nc2ccc(Br)cc2c(-c2ccccc2)c1C1=NN(S(C)(=O)=O)C(c2ccc(Br)cc2)C1. The molecule has 0 bridgehead atoms. The number of hydrogen-bond donors (Lipinski definition) is 0. The highest BCUT2D eigenvalue weighted by Gasteiger charge is 2.36. The Bertz CT molecular complexity index is 1540. The van der Waals surface area contributed by atoms with Gasteiger partial charge in [0.15, 0.2) is 0 Å². The van der Waals surface area contributed by atoms with E-state index in [1.54, 1.807) is 0 Å². The van der Waals surface area contributed by atoms with Crippen LogP contribution in [0.25, 0.3) is 22.0 Å². The summed E-state index contributed by atoms with van der Waals surface area (Å²) in [4.78, 5) is 4.87. The van der Waals surface area contributed by atoms with Gasteiger partial charge >= 0.3 is 0 Å². The maximum atomic E-state index is 12.7. The van der Waals surface area contributed by atoms with Gasteiger partial charge in [0, 0.05) is 37.6 Å². The van der Waals surface area contributed by atoms with Crippen molar-refractivity contribution in [2.45, 2.75) is 19.4 Å². The molecule has 1 atom stereocenters. The van der Waals surface area contributed by atoms with E-state index >= 15 is 0 Å². The number of benzene rings is 3. The molecule has 4 aromatic rings. The lowest BCUT2D eigenvalue weighted by molar-refractivity contribution is 0.375. The van der Waals surface area contributed by atoms with E-state index in [4.69, 9.17) is 4.98 Å². The molecule has 0 saturated heterocycles. The molecule has 0 amide bonds. The number of sulfonamides is 1. The fourth-order valence-electron chi connectivity index (χ4n) is 4.49. The normalized spacial score (nSPS) is 16.2. The van der Waals surface area contributed by atoms with Crippen molar-refractivity contribution in [1.29, 1.82) is 0 Å². The molecule has 5 rings (SSSR count).